The van der Waals surface area contributed by atoms with Crippen LogP contribution >= 0.6 is 0 Å². The molecule has 5 heteroatoms. The fourth-order valence-corrected chi connectivity index (χ4v) is 5.13. The van der Waals surface area contributed by atoms with Crippen molar-refractivity contribution in [3.8, 4) is 0 Å². The average Bonchev–Trinajstić information content (AvgIpc) is 2.89. The zero-order chi connectivity index (χ0) is 24.2. The lowest BCUT2D eigenvalue weighted by Crippen LogP contribution is -2.36. The number of nitrogens with one attached hydrogen (secondary N) is 1. The van der Waals surface area contributed by atoms with Crippen LogP contribution in [0.3, 0.4) is 0 Å². The number of benzene rings is 2. The maximum Gasteiger partial charge on any atom is 0.336 e. The molecule has 1 aromatic heterocycles. The van der Waals surface area contributed by atoms with E-state index in [1.807, 2.05) is 67.6 Å². The van der Waals surface area contributed by atoms with Crippen molar-refractivity contribution in [2.24, 2.45) is 0 Å². The third kappa shape index (κ3) is 4.80. The third-order valence-corrected chi connectivity index (χ3v) is 6.80. The van der Waals surface area contributed by atoms with Crippen molar-refractivity contribution < 1.29 is 14.3 Å². The zero-order valence-corrected chi connectivity index (χ0v) is 19.7. The molecule has 0 saturated carbocycles. The number of hydrogen-bond donors (Lipinski definition) is 1. The van der Waals surface area contributed by atoms with Crippen molar-refractivity contribution >= 4 is 11.8 Å². The normalized spacial score (nSPS) is 19.7. The Morgan fingerprint density at radius 3 is 2.40 bits per heavy atom. The first kappa shape index (κ1) is 22.8. The molecule has 5 rings (SSSR count). The number of carbonyl (C=O) groups is 2. The first-order valence-electron chi connectivity index (χ1n) is 12.0. The summed E-state index contributed by atoms with van der Waals surface area (Å²) in [4.78, 5) is 31.2. The Morgan fingerprint density at radius 2 is 1.69 bits per heavy atom. The largest absolute Gasteiger partial charge is 0.462 e. The van der Waals surface area contributed by atoms with Gasteiger partial charge in [0.15, 0.2) is 5.78 Å². The molecule has 0 bridgehead atoms. The molecule has 2 aliphatic rings. The molecule has 1 aliphatic heterocycles. The summed E-state index contributed by atoms with van der Waals surface area (Å²) in [5.41, 5.74) is 5.84. The topological polar surface area (TPSA) is 68.3 Å². The van der Waals surface area contributed by atoms with Gasteiger partial charge in [0.2, 0.25) is 0 Å². The second-order valence-corrected chi connectivity index (χ2v) is 9.09. The molecule has 1 aliphatic carbocycles. The van der Waals surface area contributed by atoms with Crippen LogP contribution in [-0.4, -0.2) is 23.3 Å². The van der Waals surface area contributed by atoms with Gasteiger partial charge in [-0.1, -0.05) is 66.7 Å². The van der Waals surface area contributed by atoms with E-state index in [4.69, 9.17) is 4.74 Å². The second-order valence-electron chi connectivity index (χ2n) is 9.09. The van der Waals surface area contributed by atoms with Gasteiger partial charge in [-0.2, -0.15) is 0 Å². The van der Waals surface area contributed by atoms with Crippen molar-refractivity contribution in [1.82, 2.24) is 10.3 Å². The Morgan fingerprint density at radius 1 is 0.971 bits per heavy atom. The molecule has 0 amide bonds. The molecular formula is C30H28N2O3. The maximum atomic E-state index is 13.6. The van der Waals surface area contributed by atoms with Gasteiger partial charge in [-0.05, 0) is 42.0 Å². The number of nitrogens with zero attached hydrogens (tertiary/aromatic N) is 1. The number of allylic oxidation sites excluding steroid dienone is 3. The van der Waals surface area contributed by atoms with Crippen LogP contribution < -0.4 is 5.32 Å². The Kier molecular flexibility index (Phi) is 6.57. The summed E-state index contributed by atoms with van der Waals surface area (Å²) in [6.45, 7) is 2.16. The molecule has 2 atom stereocenters. The number of pyridine rings is 1. The fourth-order valence-electron chi connectivity index (χ4n) is 5.13. The van der Waals surface area contributed by atoms with Gasteiger partial charge < -0.3 is 10.1 Å². The van der Waals surface area contributed by atoms with Crippen LogP contribution in [0, 0.1) is 0 Å². The van der Waals surface area contributed by atoms with E-state index < -0.39 is 11.9 Å². The van der Waals surface area contributed by atoms with Gasteiger partial charge in [-0.3, -0.25) is 9.78 Å². The molecule has 0 radical (unpaired) electrons. The van der Waals surface area contributed by atoms with E-state index in [0.29, 0.717) is 24.0 Å². The molecule has 0 saturated heterocycles. The van der Waals surface area contributed by atoms with Crippen molar-refractivity contribution in [1.29, 1.82) is 0 Å². The van der Waals surface area contributed by atoms with E-state index >= 15 is 0 Å². The number of rotatable bonds is 6. The van der Waals surface area contributed by atoms with E-state index in [1.54, 1.807) is 12.4 Å². The lowest BCUT2D eigenvalue weighted by molar-refractivity contribution is -0.139. The lowest BCUT2D eigenvalue weighted by atomic mass is 9.72. The Bertz CT molecular complexity index is 1280. The SMILES string of the molecule is CC1=C(C(=O)OCCc2ccccc2)[C@H](c2cccnc2)C2=C(C[C@H](c3ccccc3)CC2=O)N1. The molecule has 0 unspecified atom stereocenters. The highest BCUT2D eigenvalue weighted by atomic mass is 16.5. The Labute approximate surface area is 205 Å². The smallest absolute Gasteiger partial charge is 0.336 e. The summed E-state index contributed by atoms with van der Waals surface area (Å²) < 4.78 is 5.72. The van der Waals surface area contributed by atoms with Gasteiger partial charge in [0.25, 0.3) is 0 Å². The molecule has 176 valence electrons. The molecule has 3 aromatic rings. The number of dihydropyridines is 1. The molecule has 1 N–H and O–H groups in total. The van der Waals surface area contributed by atoms with Crippen LogP contribution in [0.25, 0.3) is 0 Å². The number of ether oxygens (including phenoxy) is 1. The van der Waals surface area contributed by atoms with Gasteiger partial charge in [-0.15, -0.1) is 0 Å². The van der Waals surface area contributed by atoms with Crippen molar-refractivity contribution in [3.63, 3.8) is 0 Å². The molecule has 0 spiro atoms. The molecular weight excluding hydrogens is 436 g/mol. The minimum absolute atomic E-state index is 0.0588. The fraction of sp³-hybridized carbons (Fsp3) is 0.233. The molecule has 2 aromatic carbocycles. The van der Waals surface area contributed by atoms with Crippen LogP contribution in [0.5, 0.6) is 0 Å². The van der Waals surface area contributed by atoms with Crippen molar-refractivity contribution in [2.75, 3.05) is 6.61 Å². The summed E-state index contributed by atoms with van der Waals surface area (Å²) >= 11 is 0. The summed E-state index contributed by atoms with van der Waals surface area (Å²) in [6, 6.07) is 23.8. The highest BCUT2D eigenvalue weighted by molar-refractivity contribution is 6.04. The zero-order valence-electron chi connectivity index (χ0n) is 19.7. The minimum Gasteiger partial charge on any atom is -0.462 e. The van der Waals surface area contributed by atoms with Crippen molar-refractivity contribution in [3.05, 3.63) is 124 Å². The third-order valence-electron chi connectivity index (χ3n) is 6.80. The summed E-state index contributed by atoms with van der Waals surface area (Å²) in [6.07, 6.45) is 5.20. The van der Waals surface area contributed by atoms with Gasteiger partial charge in [-0.25, -0.2) is 4.79 Å². The quantitative estimate of drug-likeness (QED) is 0.506. The van der Waals surface area contributed by atoms with E-state index in [-0.39, 0.29) is 18.3 Å². The number of hydrogen-bond acceptors (Lipinski definition) is 5. The van der Waals surface area contributed by atoms with Crippen molar-refractivity contribution in [2.45, 2.75) is 38.0 Å². The van der Waals surface area contributed by atoms with Gasteiger partial charge in [0, 0.05) is 48.1 Å². The van der Waals surface area contributed by atoms with Crippen LogP contribution in [0.1, 0.15) is 48.3 Å². The first-order chi connectivity index (χ1) is 17.1. The number of ketones is 1. The monoisotopic (exact) mass is 464 g/mol. The van der Waals surface area contributed by atoms with E-state index in [0.717, 1.165) is 34.5 Å². The second kappa shape index (κ2) is 10.1. The van der Waals surface area contributed by atoms with Crippen LogP contribution in [0.15, 0.2) is 108 Å². The van der Waals surface area contributed by atoms with Crippen LogP contribution in [-0.2, 0) is 20.7 Å². The minimum atomic E-state index is -0.492. The Balaban J connectivity index is 1.44. The number of esters is 1. The predicted molar refractivity (Wildman–Crippen MR) is 134 cm³/mol. The summed E-state index contributed by atoms with van der Waals surface area (Å²) in [5.74, 6) is -0.724. The first-order valence-corrected chi connectivity index (χ1v) is 12.0. The van der Waals surface area contributed by atoms with Gasteiger partial charge in [0.05, 0.1) is 12.2 Å². The highest BCUT2D eigenvalue weighted by Crippen LogP contribution is 2.45. The molecule has 35 heavy (non-hydrogen) atoms. The van der Waals surface area contributed by atoms with E-state index in [9.17, 15) is 9.59 Å². The van der Waals surface area contributed by atoms with Gasteiger partial charge in [0.1, 0.15) is 0 Å². The average molecular weight is 465 g/mol. The molecule has 2 heterocycles. The molecule has 5 nitrogen and oxygen atoms in total. The number of aromatic nitrogens is 1. The van der Waals surface area contributed by atoms with E-state index in [1.165, 1.54) is 0 Å². The highest BCUT2D eigenvalue weighted by Gasteiger charge is 2.41. The molecule has 0 fully saturated rings. The summed E-state index contributed by atoms with van der Waals surface area (Å²) in [7, 11) is 0. The van der Waals surface area contributed by atoms with Gasteiger partial charge >= 0.3 is 5.97 Å². The number of Topliss-reactive ketones (excluding diaryl/α,β-unsaturated/α-hetero) is 1. The van der Waals surface area contributed by atoms with E-state index in [2.05, 4.69) is 22.4 Å². The van der Waals surface area contributed by atoms with Crippen LogP contribution in [0.4, 0.5) is 0 Å². The maximum absolute atomic E-state index is 13.6. The number of carbonyl (C=O) groups excluding carboxylic acids is 2. The lowest BCUT2D eigenvalue weighted by Gasteiger charge is -2.36. The van der Waals surface area contributed by atoms with Crippen LogP contribution in [0.2, 0.25) is 0 Å². The Hall–Kier alpha value is -3.99. The standard InChI is InChI=1S/C30H28N2O3/c1-20-27(30(34)35-16-14-21-9-4-2-5-10-21)28(23-13-8-15-31-19-23)29-25(32-20)17-24(18-26(29)33)22-11-6-3-7-12-22/h2-13,15,19,24,28,32H,14,16-18H2,1H3/t24-,28-/m0/s1. The summed E-state index contributed by atoms with van der Waals surface area (Å²) in [5, 5.41) is 3.40. The predicted octanol–water partition coefficient (Wildman–Crippen LogP) is 5.23.